The Hall–Kier alpha value is -2.13. The summed E-state index contributed by atoms with van der Waals surface area (Å²) in [5, 5.41) is 2.71. The normalized spacial score (nSPS) is 10.8. The van der Waals surface area contributed by atoms with Crippen LogP contribution in [0.1, 0.15) is 18.4 Å². The molecule has 0 aliphatic rings. The maximum absolute atomic E-state index is 12.1. The molecule has 0 atom stereocenters. The van der Waals surface area contributed by atoms with E-state index in [1.807, 2.05) is 31.2 Å². The largest absolute Gasteiger partial charge is 0.494 e. The Kier molecular flexibility index (Phi) is 9.95. The average molecular weight is 428 g/mol. The predicted molar refractivity (Wildman–Crippen MR) is 112 cm³/mol. The lowest BCUT2D eigenvalue weighted by Gasteiger charge is -2.09. The summed E-state index contributed by atoms with van der Waals surface area (Å²) in [6.45, 7) is 2.77. The van der Waals surface area contributed by atoms with Crippen molar-refractivity contribution >= 4 is 34.0 Å². The number of nitrogens with one attached hydrogen (secondary N) is 2. The Balaban J connectivity index is 0.00000392. The molecule has 0 aromatic heterocycles. The van der Waals surface area contributed by atoms with E-state index in [9.17, 15) is 13.2 Å². The van der Waals surface area contributed by atoms with Crippen LogP contribution in [0.15, 0.2) is 53.4 Å². The molecule has 0 fully saturated rings. The van der Waals surface area contributed by atoms with Crippen LogP contribution in [0.4, 0.5) is 5.69 Å². The first-order chi connectivity index (χ1) is 12.9. The summed E-state index contributed by atoms with van der Waals surface area (Å²) < 4.78 is 32.2. The van der Waals surface area contributed by atoms with E-state index in [0.717, 1.165) is 11.3 Å². The van der Waals surface area contributed by atoms with Crippen molar-refractivity contribution in [2.24, 2.45) is 5.73 Å². The standard InChI is InChI=1S/C19H25N3O4S.ClH/c1-15-5-2-7-17(13-15)26-12-4-9-19(23)22-16-6-3-8-18(14-16)27(24,25)21-11-10-20;/h2-3,5-8,13-14,21H,4,9-12,20H2,1H3,(H,22,23);1H. The van der Waals surface area contributed by atoms with Gasteiger partial charge in [-0.15, -0.1) is 12.4 Å². The van der Waals surface area contributed by atoms with Crippen LogP contribution >= 0.6 is 12.4 Å². The molecule has 0 bridgehead atoms. The number of benzene rings is 2. The number of ether oxygens (including phenoxy) is 1. The molecule has 0 aliphatic heterocycles. The monoisotopic (exact) mass is 427 g/mol. The first-order valence-corrected chi connectivity index (χ1v) is 10.2. The topological polar surface area (TPSA) is 111 Å². The van der Waals surface area contributed by atoms with Crippen molar-refractivity contribution in [2.45, 2.75) is 24.7 Å². The highest BCUT2D eigenvalue weighted by molar-refractivity contribution is 7.89. The second-order valence-electron chi connectivity index (χ2n) is 6.03. The van der Waals surface area contributed by atoms with Gasteiger partial charge in [0.25, 0.3) is 0 Å². The second-order valence-corrected chi connectivity index (χ2v) is 7.80. The number of aryl methyl sites for hydroxylation is 1. The lowest BCUT2D eigenvalue weighted by molar-refractivity contribution is -0.116. The minimum absolute atomic E-state index is 0. The summed E-state index contributed by atoms with van der Waals surface area (Å²) in [4.78, 5) is 12.1. The van der Waals surface area contributed by atoms with Crippen LogP contribution < -0.4 is 20.5 Å². The fraction of sp³-hybridized carbons (Fsp3) is 0.316. The minimum Gasteiger partial charge on any atom is -0.494 e. The molecule has 0 heterocycles. The zero-order valence-electron chi connectivity index (χ0n) is 15.7. The van der Waals surface area contributed by atoms with Gasteiger partial charge < -0.3 is 15.8 Å². The van der Waals surface area contributed by atoms with Gasteiger partial charge >= 0.3 is 0 Å². The number of sulfonamides is 1. The Morgan fingerprint density at radius 3 is 2.61 bits per heavy atom. The lowest BCUT2D eigenvalue weighted by Crippen LogP contribution is -2.29. The van der Waals surface area contributed by atoms with Gasteiger partial charge in [0.15, 0.2) is 0 Å². The average Bonchev–Trinajstić information content (AvgIpc) is 2.64. The number of rotatable bonds is 10. The highest BCUT2D eigenvalue weighted by Gasteiger charge is 2.14. The molecule has 1 amide bonds. The summed E-state index contributed by atoms with van der Waals surface area (Å²) in [5.41, 5.74) is 6.86. The van der Waals surface area contributed by atoms with E-state index in [2.05, 4.69) is 10.0 Å². The number of amides is 1. The molecule has 2 aromatic carbocycles. The van der Waals surface area contributed by atoms with Gasteiger partial charge in [-0.3, -0.25) is 4.79 Å². The number of hydrogen-bond acceptors (Lipinski definition) is 5. The second kappa shape index (κ2) is 11.7. The third kappa shape index (κ3) is 7.85. The predicted octanol–water partition coefficient (Wildman–Crippen LogP) is 2.45. The van der Waals surface area contributed by atoms with Gasteiger partial charge in [-0.05, 0) is 49.2 Å². The van der Waals surface area contributed by atoms with E-state index < -0.39 is 10.0 Å². The highest BCUT2D eigenvalue weighted by atomic mass is 35.5. The van der Waals surface area contributed by atoms with E-state index in [4.69, 9.17) is 10.5 Å². The summed E-state index contributed by atoms with van der Waals surface area (Å²) in [7, 11) is -3.64. The molecule has 7 nitrogen and oxygen atoms in total. The maximum Gasteiger partial charge on any atom is 0.240 e. The quantitative estimate of drug-likeness (QED) is 0.504. The van der Waals surface area contributed by atoms with Gasteiger partial charge in [0.05, 0.1) is 11.5 Å². The van der Waals surface area contributed by atoms with Crippen molar-refractivity contribution in [2.75, 3.05) is 25.0 Å². The van der Waals surface area contributed by atoms with E-state index in [1.165, 1.54) is 12.1 Å². The molecule has 9 heteroatoms. The lowest BCUT2D eigenvalue weighted by atomic mass is 10.2. The molecular weight excluding hydrogens is 402 g/mol. The Morgan fingerprint density at radius 2 is 1.89 bits per heavy atom. The number of carbonyl (C=O) groups is 1. The summed E-state index contributed by atoms with van der Waals surface area (Å²) in [6.07, 6.45) is 0.823. The molecule has 28 heavy (non-hydrogen) atoms. The van der Waals surface area contributed by atoms with Gasteiger partial charge in [0.1, 0.15) is 5.75 Å². The molecule has 2 rings (SSSR count). The molecule has 0 spiro atoms. The van der Waals surface area contributed by atoms with Crippen LogP contribution in [-0.2, 0) is 14.8 Å². The van der Waals surface area contributed by atoms with Crippen LogP contribution in [0.2, 0.25) is 0 Å². The SMILES string of the molecule is Cc1cccc(OCCCC(=O)Nc2cccc(S(=O)(=O)NCCN)c2)c1.Cl. The molecule has 2 aromatic rings. The minimum atomic E-state index is -3.64. The number of anilines is 1. The molecular formula is C19H26ClN3O4S. The van der Waals surface area contributed by atoms with Gasteiger partial charge in [-0.25, -0.2) is 13.1 Å². The van der Waals surface area contributed by atoms with Gasteiger partial charge in [-0.2, -0.15) is 0 Å². The van der Waals surface area contributed by atoms with Gasteiger partial charge in [-0.1, -0.05) is 18.2 Å². The van der Waals surface area contributed by atoms with Crippen molar-refractivity contribution in [1.29, 1.82) is 0 Å². The number of halogens is 1. The van der Waals surface area contributed by atoms with Gasteiger partial charge in [0, 0.05) is 25.2 Å². The molecule has 0 radical (unpaired) electrons. The number of carbonyl (C=O) groups excluding carboxylic acids is 1. The van der Waals surface area contributed by atoms with E-state index in [1.54, 1.807) is 12.1 Å². The maximum atomic E-state index is 12.1. The highest BCUT2D eigenvalue weighted by Crippen LogP contribution is 2.16. The van der Waals surface area contributed by atoms with Crippen molar-refractivity contribution in [3.8, 4) is 5.75 Å². The Morgan fingerprint density at radius 1 is 1.14 bits per heavy atom. The Labute approximate surface area is 172 Å². The molecule has 0 aliphatic carbocycles. The first kappa shape index (κ1) is 23.9. The van der Waals surface area contributed by atoms with Crippen LogP contribution in [0.25, 0.3) is 0 Å². The van der Waals surface area contributed by atoms with Crippen LogP contribution in [0, 0.1) is 6.92 Å². The van der Waals surface area contributed by atoms with Crippen LogP contribution in [0.5, 0.6) is 5.75 Å². The smallest absolute Gasteiger partial charge is 0.240 e. The van der Waals surface area contributed by atoms with E-state index in [0.29, 0.717) is 18.7 Å². The number of nitrogens with two attached hydrogens (primary N) is 1. The van der Waals surface area contributed by atoms with E-state index in [-0.39, 0.29) is 42.7 Å². The Bertz CT molecular complexity index is 875. The third-order valence-electron chi connectivity index (χ3n) is 3.67. The van der Waals surface area contributed by atoms with Crippen molar-refractivity contribution in [3.05, 3.63) is 54.1 Å². The molecule has 0 unspecified atom stereocenters. The molecule has 4 N–H and O–H groups in total. The first-order valence-electron chi connectivity index (χ1n) is 8.70. The van der Waals surface area contributed by atoms with Gasteiger partial charge in [0.2, 0.25) is 15.9 Å². The van der Waals surface area contributed by atoms with Crippen LogP contribution in [0.3, 0.4) is 0 Å². The molecule has 0 saturated heterocycles. The number of hydrogen-bond donors (Lipinski definition) is 3. The summed E-state index contributed by atoms with van der Waals surface area (Å²) >= 11 is 0. The van der Waals surface area contributed by atoms with Crippen LogP contribution in [-0.4, -0.2) is 34.0 Å². The summed E-state index contributed by atoms with van der Waals surface area (Å²) in [6, 6.07) is 13.8. The van der Waals surface area contributed by atoms with E-state index >= 15 is 0 Å². The van der Waals surface area contributed by atoms with Crippen molar-refractivity contribution in [1.82, 2.24) is 4.72 Å². The molecule has 154 valence electrons. The third-order valence-corrected chi connectivity index (χ3v) is 5.13. The summed E-state index contributed by atoms with van der Waals surface area (Å²) in [5.74, 6) is 0.575. The van der Waals surface area contributed by atoms with Crippen molar-refractivity contribution < 1.29 is 17.9 Å². The zero-order chi connectivity index (χ0) is 19.7. The fourth-order valence-electron chi connectivity index (χ4n) is 2.37. The zero-order valence-corrected chi connectivity index (χ0v) is 17.3. The van der Waals surface area contributed by atoms with Crippen molar-refractivity contribution in [3.63, 3.8) is 0 Å². The fourth-order valence-corrected chi connectivity index (χ4v) is 3.46. The molecule has 0 saturated carbocycles.